The van der Waals surface area contributed by atoms with Crippen molar-refractivity contribution in [2.24, 2.45) is 0 Å². The zero-order chi connectivity index (χ0) is 11.0. The minimum absolute atomic E-state index is 0.00571. The molecule has 0 N–H and O–H groups in total. The van der Waals surface area contributed by atoms with E-state index in [2.05, 4.69) is 0 Å². The molecule has 0 heterocycles. The maximum atomic E-state index is 12.1. The van der Waals surface area contributed by atoms with Crippen molar-refractivity contribution in [1.29, 1.82) is 0 Å². The molecule has 0 spiro atoms. The van der Waals surface area contributed by atoms with Crippen LogP contribution in [-0.2, 0) is 10.7 Å². The van der Waals surface area contributed by atoms with Gasteiger partial charge < -0.3 is 0 Å². The molecule has 0 aromatic heterocycles. The average molecular weight is 263 g/mol. The normalized spacial score (nSPS) is 12.9. The standard InChI is InChI=1S/C7H4Cl2F3OP/c8-14(9,13)6-3-1-5(2-4-6)7(10,11)12/h1-4H. The molecular weight excluding hydrogens is 259 g/mol. The maximum absolute atomic E-state index is 12.1. The van der Waals surface area contributed by atoms with Crippen LogP contribution < -0.4 is 5.30 Å². The fraction of sp³-hybridized carbons (Fsp3) is 0.143. The van der Waals surface area contributed by atoms with Crippen molar-refractivity contribution in [3.05, 3.63) is 29.8 Å². The second kappa shape index (κ2) is 3.76. The van der Waals surface area contributed by atoms with E-state index in [1.54, 1.807) is 0 Å². The van der Waals surface area contributed by atoms with E-state index < -0.39 is 17.6 Å². The van der Waals surface area contributed by atoms with E-state index in [0.717, 1.165) is 24.3 Å². The highest BCUT2D eigenvalue weighted by molar-refractivity contribution is 8.13. The van der Waals surface area contributed by atoms with Gasteiger partial charge in [-0.25, -0.2) is 0 Å². The van der Waals surface area contributed by atoms with E-state index in [-0.39, 0.29) is 5.30 Å². The highest BCUT2D eigenvalue weighted by Gasteiger charge is 2.30. The van der Waals surface area contributed by atoms with Crippen LogP contribution in [-0.4, -0.2) is 0 Å². The molecule has 1 aromatic carbocycles. The van der Waals surface area contributed by atoms with Crippen molar-refractivity contribution >= 4 is 33.6 Å². The van der Waals surface area contributed by atoms with E-state index in [1.165, 1.54) is 0 Å². The van der Waals surface area contributed by atoms with Crippen LogP contribution in [0, 0.1) is 0 Å². The predicted octanol–water partition coefficient (Wildman–Crippen LogP) is 4.00. The van der Waals surface area contributed by atoms with Gasteiger partial charge in [0.2, 0.25) is 0 Å². The van der Waals surface area contributed by atoms with Crippen molar-refractivity contribution in [3.63, 3.8) is 0 Å². The summed E-state index contributed by atoms with van der Waals surface area (Å²) < 4.78 is 47.3. The summed E-state index contributed by atoms with van der Waals surface area (Å²) in [5, 5.41) is -0.00571. The van der Waals surface area contributed by atoms with E-state index >= 15 is 0 Å². The summed E-state index contributed by atoms with van der Waals surface area (Å²) in [6, 6.07) is 3.58. The molecule has 0 aliphatic heterocycles. The van der Waals surface area contributed by atoms with E-state index in [9.17, 15) is 17.7 Å². The van der Waals surface area contributed by atoms with Crippen molar-refractivity contribution in [1.82, 2.24) is 0 Å². The molecule has 1 nitrogen and oxygen atoms in total. The summed E-state index contributed by atoms with van der Waals surface area (Å²) >= 11 is 10.5. The lowest BCUT2D eigenvalue weighted by Crippen LogP contribution is -2.07. The smallest absolute Gasteiger partial charge is 0.284 e. The van der Waals surface area contributed by atoms with Gasteiger partial charge in [0, 0.05) is 5.30 Å². The molecule has 0 atom stereocenters. The van der Waals surface area contributed by atoms with E-state index in [1.807, 2.05) is 0 Å². The van der Waals surface area contributed by atoms with Crippen LogP contribution >= 0.6 is 28.3 Å². The predicted molar refractivity (Wildman–Crippen MR) is 50.4 cm³/mol. The first-order valence-electron chi connectivity index (χ1n) is 3.38. The number of benzene rings is 1. The average Bonchev–Trinajstić information content (AvgIpc) is 2.01. The Balaban J connectivity index is 3.08. The third kappa shape index (κ3) is 2.91. The van der Waals surface area contributed by atoms with Gasteiger partial charge in [-0.3, -0.25) is 4.57 Å². The van der Waals surface area contributed by atoms with Crippen LogP contribution in [0.5, 0.6) is 0 Å². The van der Waals surface area contributed by atoms with E-state index in [4.69, 9.17) is 22.5 Å². The Hall–Kier alpha value is -0.180. The molecule has 0 bridgehead atoms. The first-order chi connectivity index (χ1) is 6.21. The van der Waals surface area contributed by atoms with Gasteiger partial charge in [0.15, 0.2) is 0 Å². The molecule has 0 aliphatic carbocycles. The topological polar surface area (TPSA) is 17.1 Å². The summed E-state index contributed by atoms with van der Waals surface area (Å²) in [5.74, 6) is -3.51. The molecule has 0 saturated carbocycles. The molecular formula is C7H4Cl2F3OP. The molecule has 0 fully saturated rings. The minimum atomic E-state index is -4.42. The molecule has 7 heteroatoms. The Labute approximate surface area is 87.8 Å². The molecule has 0 amide bonds. The number of alkyl halides is 3. The highest BCUT2D eigenvalue weighted by Crippen LogP contribution is 2.55. The maximum Gasteiger partial charge on any atom is 0.416 e. The highest BCUT2D eigenvalue weighted by atomic mass is 35.9. The molecule has 1 rings (SSSR count). The molecule has 78 valence electrons. The molecule has 0 unspecified atom stereocenters. The third-order valence-electron chi connectivity index (χ3n) is 1.50. The Morgan fingerprint density at radius 3 is 1.79 bits per heavy atom. The van der Waals surface area contributed by atoms with Crippen LogP contribution in [0.25, 0.3) is 0 Å². The Morgan fingerprint density at radius 2 is 1.50 bits per heavy atom. The molecule has 0 aliphatic rings. The van der Waals surface area contributed by atoms with Crippen LogP contribution in [0.4, 0.5) is 13.2 Å². The first kappa shape index (κ1) is 11.9. The lowest BCUT2D eigenvalue weighted by Gasteiger charge is -2.07. The fourth-order valence-electron chi connectivity index (χ4n) is 0.824. The number of halogens is 5. The van der Waals surface area contributed by atoms with Crippen LogP contribution in [0.15, 0.2) is 24.3 Å². The molecule has 1 aromatic rings. The lowest BCUT2D eigenvalue weighted by molar-refractivity contribution is -0.137. The Kier molecular flexibility index (Phi) is 3.20. The SMILES string of the molecule is O=P(Cl)(Cl)c1ccc(C(F)(F)F)cc1. The zero-order valence-corrected chi connectivity index (χ0v) is 8.96. The quantitative estimate of drug-likeness (QED) is 0.700. The third-order valence-corrected chi connectivity index (χ3v) is 3.57. The van der Waals surface area contributed by atoms with Crippen molar-refractivity contribution < 1.29 is 17.7 Å². The van der Waals surface area contributed by atoms with Gasteiger partial charge in [0.25, 0.3) is 5.85 Å². The summed E-state index contributed by atoms with van der Waals surface area (Å²) in [5.41, 5.74) is -0.831. The zero-order valence-electron chi connectivity index (χ0n) is 6.55. The summed E-state index contributed by atoms with van der Waals surface area (Å²) in [6.07, 6.45) is -4.42. The molecule has 14 heavy (non-hydrogen) atoms. The van der Waals surface area contributed by atoms with Crippen LogP contribution in [0.2, 0.25) is 0 Å². The summed E-state index contributed by atoms with van der Waals surface area (Å²) in [4.78, 5) is 0. The van der Waals surface area contributed by atoms with Gasteiger partial charge in [-0.1, -0.05) is 0 Å². The van der Waals surface area contributed by atoms with Gasteiger partial charge in [0.1, 0.15) is 0 Å². The van der Waals surface area contributed by atoms with Gasteiger partial charge >= 0.3 is 6.18 Å². The van der Waals surface area contributed by atoms with Crippen LogP contribution in [0.3, 0.4) is 0 Å². The number of rotatable bonds is 1. The van der Waals surface area contributed by atoms with Crippen molar-refractivity contribution in [3.8, 4) is 0 Å². The second-order valence-electron chi connectivity index (χ2n) is 2.51. The number of hydrogen-bond donors (Lipinski definition) is 0. The second-order valence-corrected chi connectivity index (χ2v) is 7.32. The van der Waals surface area contributed by atoms with Crippen molar-refractivity contribution in [2.45, 2.75) is 6.18 Å². The largest absolute Gasteiger partial charge is 0.416 e. The minimum Gasteiger partial charge on any atom is -0.284 e. The summed E-state index contributed by atoms with van der Waals surface area (Å²) in [7, 11) is 0. The Morgan fingerprint density at radius 1 is 1.07 bits per heavy atom. The monoisotopic (exact) mass is 262 g/mol. The Bertz CT molecular complexity index is 368. The fourth-order valence-corrected chi connectivity index (χ4v) is 2.00. The van der Waals surface area contributed by atoms with Gasteiger partial charge in [-0.2, -0.15) is 13.2 Å². The lowest BCUT2D eigenvalue weighted by atomic mass is 10.2. The van der Waals surface area contributed by atoms with Gasteiger partial charge in [-0.05, 0) is 46.7 Å². The molecule has 0 saturated heterocycles. The first-order valence-corrected chi connectivity index (χ1v) is 6.90. The van der Waals surface area contributed by atoms with Gasteiger partial charge in [-0.15, -0.1) is 0 Å². The summed E-state index contributed by atoms with van der Waals surface area (Å²) in [6.45, 7) is 0. The molecule has 0 radical (unpaired) electrons. The van der Waals surface area contributed by atoms with E-state index in [0.29, 0.717) is 0 Å². The number of hydrogen-bond acceptors (Lipinski definition) is 1. The van der Waals surface area contributed by atoms with Crippen molar-refractivity contribution in [2.75, 3.05) is 0 Å². The van der Waals surface area contributed by atoms with Gasteiger partial charge in [0.05, 0.1) is 5.56 Å². The van der Waals surface area contributed by atoms with Crippen LogP contribution in [0.1, 0.15) is 5.56 Å².